The Morgan fingerprint density at radius 2 is 1.28 bits per heavy atom. The van der Waals surface area contributed by atoms with Crippen LogP contribution in [-0.4, -0.2) is 12.7 Å². The maximum atomic E-state index is 11.8. The average Bonchev–Trinajstić information content (AvgIpc) is 2.70. The lowest BCUT2D eigenvalue weighted by molar-refractivity contribution is 0.159. The molecule has 1 aromatic carbocycles. The van der Waals surface area contributed by atoms with Crippen molar-refractivity contribution in [3.05, 3.63) is 18.2 Å². The molecular formula is C24H43N3O2. The molecule has 5 N–H and O–H groups in total. The molecule has 166 valence electrons. The van der Waals surface area contributed by atoms with Crippen LogP contribution in [0.3, 0.4) is 0 Å². The van der Waals surface area contributed by atoms with Crippen LogP contribution in [0.1, 0.15) is 103 Å². The quantitative estimate of drug-likeness (QED) is 0.188. The first kappa shape index (κ1) is 25.1. The summed E-state index contributed by atoms with van der Waals surface area (Å²) in [5, 5.41) is 2.64. The third kappa shape index (κ3) is 13.8. The molecule has 0 unspecified atom stereocenters. The average molecular weight is 406 g/mol. The van der Waals surface area contributed by atoms with Gasteiger partial charge in [-0.2, -0.15) is 0 Å². The molecule has 1 aromatic rings. The molecule has 0 aliphatic carbocycles. The highest BCUT2D eigenvalue weighted by atomic mass is 16.5. The van der Waals surface area contributed by atoms with Gasteiger partial charge in [0.2, 0.25) is 0 Å². The second kappa shape index (κ2) is 17.0. The molecule has 0 aliphatic heterocycles. The summed E-state index contributed by atoms with van der Waals surface area (Å²) in [6.45, 7) is 2.71. The first-order valence-corrected chi connectivity index (χ1v) is 11.7. The van der Waals surface area contributed by atoms with Crippen LogP contribution in [0.15, 0.2) is 18.2 Å². The van der Waals surface area contributed by atoms with Gasteiger partial charge in [-0.25, -0.2) is 4.79 Å². The number of nitrogen functional groups attached to an aromatic ring is 2. The Kier molecular flexibility index (Phi) is 14.7. The van der Waals surface area contributed by atoms with Crippen LogP contribution in [0.25, 0.3) is 0 Å². The van der Waals surface area contributed by atoms with E-state index in [1.54, 1.807) is 18.2 Å². The number of carbonyl (C=O) groups is 1. The number of nitrogens with two attached hydrogens (primary N) is 2. The summed E-state index contributed by atoms with van der Waals surface area (Å²) in [6, 6.07) is 4.99. The number of benzene rings is 1. The Bertz CT molecular complexity index is 549. The summed E-state index contributed by atoms with van der Waals surface area (Å²) in [5.74, 6) is 0. The van der Waals surface area contributed by atoms with Crippen LogP contribution in [0.5, 0.6) is 0 Å². The summed E-state index contributed by atoms with van der Waals surface area (Å²) < 4.78 is 5.21. The fourth-order valence-electron chi connectivity index (χ4n) is 3.47. The monoisotopic (exact) mass is 405 g/mol. The lowest BCUT2D eigenvalue weighted by Crippen LogP contribution is -2.15. The number of nitrogens with one attached hydrogen (secondary N) is 1. The van der Waals surface area contributed by atoms with Gasteiger partial charge in [-0.1, -0.05) is 96.8 Å². The van der Waals surface area contributed by atoms with Gasteiger partial charge in [-0.05, 0) is 24.6 Å². The standard InChI is InChI=1S/C24H43N3O2/c1-2-3-4-5-6-7-8-9-10-11-12-13-14-15-16-19-29-24(28)27-23-20-21(25)17-18-22(23)26/h17-18,20H,2-16,19,25-26H2,1H3,(H,27,28). The van der Waals surface area contributed by atoms with Crippen LogP contribution < -0.4 is 16.8 Å². The van der Waals surface area contributed by atoms with Crippen LogP contribution in [-0.2, 0) is 4.74 Å². The van der Waals surface area contributed by atoms with Crippen molar-refractivity contribution in [3.8, 4) is 0 Å². The molecule has 0 bridgehead atoms. The molecule has 0 saturated heterocycles. The van der Waals surface area contributed by atoms with Crippen molar-refractivity contribution in [2.75, 3.05) is 23.4 Å². The van der Waals surface area contributed by atoms with E-state index < -0.39 is 6.09 Å². The van der Waals surface area contributed by atoms with E-state index >= 15 is 0 Å². The van der Waals surface area contributed by atoms with Gasteiger partial charge in [-0.3, -0.25) is 5.32 Å². The zero-order valence-electron chi connectivity index (χ0n) is 18.5. The third-order valence-electron chi connectivity index (χ3n) is 5.30. The van der Waals surface area contributed by atoms with Crippen molar-refractivity contribution in [1.82, 2.24) is 0 Å². The molecule has 5 nitrogen and oxygen atoms in total. The largest absolute Gasteiger partial charge is 0.449 e. The van der Waals surface area contributed by atoms with Gasteiger partial charge < -0.3 is 16.2 Å². The van der Waals surface area contributed by atoms with Gasteiger partial charge in [-0.15, -0.1) is 0 Å². The molecule has 0 fully saturated rings. The first-order valence-electron chi connectivity index (χ1n) is 11.7. The number of anilines is 3. The van der Waals surface area contributed by atoms with Gasteiger partial charge in [0.05, 0.1) is 18.0 Å². The van der Waals surface area contributed by atoms with Gasteiger partial charge in [0.25, 0.3) is 0 Å². The molecular weight excluding hydrogens is 362 g/mol. The molecule has 1 rings (SSSR count). The summed E-state index contributed by atoms with van der Waals surface area (Å²) >= 11 is 0. The minimum absolute atomic E-state index is 0.437. The van der Waals surface area contributed by atoms with Crippen molar-refractivity contribution < 1.29 is 9.53 Å². The summed E-state index contributed by atoms with van der Waals surface area (Å²) in [6.07, 6.45) is 19.3. The number of carbonyl (C=O) groups excluding carboxylic acids is 1. The Hall–Kier alpha value is -1.91. The zero-order valence-corrected chi connectivity index (χ0v) is 18.5. The minimum atomic E-state index is -0.479. The maximum Gasteiger partial charge on any atom is 0.411 e. The van der Waals surface area contributed by atoms with Crippen molar-refractivity contribution in [3.63, 3.8) is 0 Å². The highest BCUT2D eigenvalue weighted by Gasteiger charge is 2.06. The molecule has 0 heterocycles. The second-order valence-electron chi connectivity index (χ2n) is 8.06. The number of hydrogen-bond acceptors (Lipinski definition) is 4. The van der Waals surface area contributed by atoms with Crippen LogP contribution in [0.2, 0.25) is 0 Å². The van der Waals surface area contributed by atoms with Gasteiger partial charge in [0.1, 0.15) is 0 Å². The van der Waals surface area contributed by atoms with Gasteiger partial charge in [0, 0.05) is 5.69 Å². The maximum absolute atomic E-state index is 11.8. The molecule has 1 amide bonds. The van der Waals surface area contributed by atoms with E-state index in [0.29, 0.717) is 23.7 Å². The van der Waals surface area contributed by atoms with Gasteiger partial charge >= 0.3 is 6.09 Å². The number of amides is 1. The SMILES string of the molecule is CCCCCCCCCCCCCCCCCOC(=O)Nc1cc(N)ccc1N. The highest BCUT2D eigenvalue weighted by Crippen LogP contribution is 2.21. The lowest BCUT2D eigenvalue weighted by Gasteiger charge is -2.09. The molecule has 0 spiro atoms. The molecule has 0 aromatic heterocycles. The van der Waals surface area contributed by atoms with Crippen molar-refractivity contribution in [1.29, 1.82) is 0 Å². The highest BCUT2D eigenvalue weighted by molar-refractivity contribution is 5.89. The molecule has 5 heteroatoms. The molecule has 0 radical (unpaired) electrons. The normalized spacial score (nSPS) is 10.8. The summed E-state index contributed by atoms with van der Waals surface area (Å²) in [4.78, 5) is 11.8. The predicted molar refractivity (Wildman–Crippen MR) is 125 cm³/mol. The van der Waals surface area contributed by atoms with E-state index in [0.717, 1.165) is 12.8 Å². The molecule has 29 heavy (non-hydrogen) atoms. The lowest BCUT2D eigenvalue weighted by atomic mass is 10.0. The Morgan fingerprint density at radius 3 is 1.79 bits per heavy atom. The Morgan fingerprint density at radius 1 is 0.793 bits per heavy atom. The van der Waals surface area contributed by atoms with E-state index in [-0.39, 0.29) is 0 Å². The fourth-order valence-corrected chi connectivity index (χ4v) is 3.47. The van der Waals surface area contributed by atoms with Crippen LogP contribution >= 0.6 is 0 Å². The van der Waals surface area contributed by atoms with E-state index in [4.69, 9.17) is 16.2 Å². The topological polar surface area (TPSA) is 90.4 Å². The van der Waals surface area contributed by atoms with Gasteiger partial charge in [0.15, 0.2) is 0 Å². The Balaban J connectivity index is 1.85. The third-order valence-corrected chi connectivity index (χ3v) is 5.30. The van der Waals surface area contributed by atoms with Crippen molar-refractivity contribution >= 4 is 23.2 Å². The smallest absolute Gasteiger partial charge is 0.411 e. The number of ether oxygens (including phenoxy) is 1. The first-order chi connectivity index (χ1) is 14.1. The Labute approximate surface area is 178 Å². The van der Waals surface area contributed by atoms with E-state index in [1.807, 2.05) is 0 Å². The molecule has 0 aliphatic rings. The van der Waals surface area contributed by atoms with Crippen molar-refractivity contribution in [2.24, 2.45) is 0 Å². The number of rotatable bonds is 17. The summed E-state index contributed by atoms with van der Waals surface area (Å²) in [5.41, 5.74) is 13.0. The van der Waals surface area contributed by atoms with E-state index in [2.05, 4.69) is 12.2 Å². The van der Waals surface area contributed by atoms with Crippen LogP contribution in [0, 0.1) is 0 Å². The fraction of sp³-hybridized carbons (Fsp3) is 0.708. The van der Waals surface area contributed by atoms with E-state index in [1.165, 1.54) is 83.5 Å². The second-order valence-corrected chi connectivity index (χ2v) is 8.06. The summed E-state index contributed by atoms with van der Waals surface area (Å²) in [7, 11) is 0. The van der Waals surface area contributed by atoms with Crippen molar-refractivity contribution in [2.45, 2.75) is 103 Å². The minimum Gasteiger partial charge on any atom is -0.449 e. The van der Waals surface area contributed by atoms with E-state index in [9.17, 15) is 4.79 Å². The number of unbranched alkanes of at least 4 members (excludes halogenated alkanes) is 14. The zero-order chi connectivity index (χ0) is 21.2. The molecule has 0 saturated carbocycles. The van der Waals surface area contributed by atoms with Crippen LogP contribution in [0.4, 0.5) is 21.9 Å². The number of hydrogen-bond donors (Lipinski definition) is 3. The molecule has 0 atom stereocenters. The predicted octanol–water partition coefficient (Wildman–Crippen LogP) is 7.27.